The molecule has 0 fully saturated rings. The summed E-state index contributed by atoms with van der Waals surface area (Å²) < 4.78 is 15.8. The number of esters is 2. The predicted molar refractivity (Wildman–Crippen MR) is 106 cm³/mol. The van der Waals surface area contributed by atoms with Crippen LogP contribution in [-0.4, -0.2) is 38.9 Å². The first-order chi connectivity index (χ1) is 13.1. The molecule has 1 aromatic carbocycles. The molecule has 0 heterocycles. The van der Waals surface area contributed by atoms with Gasteiger partial charge in [-0.3, -0.25) is 0 Å². The predicted octanol–water partition coefficient (Wildman–Crippen LogP) is 5.03. The highest BCUT2D eigenvalue weighted by atomic mass is 16.5. The molecule has 1 atom stereocenters. The second kappa shape index (κ2) is 14.2. The SMILES string of the molecule is CCCCOC(=O)c1ccccc1C(=O)OCCC(CCCC)CCOC. The van der Waals surface area contributed by atoms with Crippen LogP contribution in [0.2, 0.25) is 0 Å². The van der Waals surface area contributed by atoms with Crippen molar-refractivity contribution in [1.29, 1.82) is 0 Å². The molecule has 0 amide bonds. The monoisotopic (exact) mass is 378 g/mol. The van der Waals surface area contributed by atoms with Gasteiger partial charge in [0.1, 0.15) is 0 Å². The summed E-state index contributed by atoms with van der Waals surface area (Å²) >= 11 is 0. The first-order valence-electron chi connectivity index (χ1n) is 10.1. The topological polar surface area (TPSA) is 61.8 Å². The molecule has 0 aliphatic rings. The molecule has 1 aromatic rings. The number of carbonyl (C=O) groups excluding carboxylic acids is 2. The molecule has 152 valence electrons. The summed E-state index contributed by atoms with van der Waals surface area (Å²) in [6, 6.07) is 6.66. The van der Waals surface area contributed by atoms with Gasteiger partial charge in [-0.05, 0) is 37.3 Å². The maximum atomic E-state index is 12.5. The Hall–Kier alpha value is -1.88. The molecule has 1 unspecified atom stereocenters. The zero-order chi connectivity index (χ0) is 19.9. The second-order valence-electron chi connectivity index (χ2n) is 6.75. The third-order valence-corrected chi connectivity index (χ3v) is 4.55. The van der Waals surface area contributed by atoms with Crippen LogP contribution >= 0.6 is 0 Å². The van der Waals surface area contributed by atoms with Gasteiger partial charge in [0.15, 0.2) is 0 Å². The second-order valence-corrected chi connectivity index (χ2v) is 6.75. The van der Waals surface area contributed by atoms with E-state index in [9.17, 15) is 9.59 Å². The van der Waals surface area contributed by atoms with Crippen LogP contribution < -0.4 is 0 Å². The van der Waals surface area contributed by atoms with Crippen LogP contribution in [-0.2, 0) is 14.2 Å². The molecule has 0 saturated carbocycles. The summed E-state index contributed by atoms with van der Waals surface area (Å²) in [6.45, 7) is 5.62. The summed E-state index contributed by atoms with van der Waals surface area (Å²) in [5.74, 6) is -0.470. The molecule has 5 nitrogen and oxygen atoms in total. The first kappa shape index (κ1) is 23.2. The maximum Gasteiger partial charge on any atom is 0.339 e. The van der Waals surface area contributed by atoms with E-state index in [-0.39, 0.29) is 11.1 Å². The highest BCUT2D eigenvalue weighted by Crippen LogP contribution is 2.18. The van der Waals surface area contributed by atoms with Crippen LogP contribution in [0.3, 0.4) is 0 Å². The number of unbranched alkanes of at least 4 members (excludes halogenated alkanes) is 2. The Morgan fingerprint density at radius 1 is 0.815 bits per heavy atom. The van der Waals surface area contributed by atoms with Crippen molar-refractivity contribution in [3.05, 3.63) is 35.4 Å². The van der Waals surface area contributed by atoms with E-state index in [0.717, 1.165) is 51.6 Å². The van der Waals surface area contributed by atoms with E-state index in [1.54, 1.807) is 31.4 Å². The van der Waals surface area contributed by atoms with Crippen molar-refractivity contribution in [1.82, 2.24) is 0 Å². The average molecular weight is 379 g/mol. The fraction of sp³-hybridized carbons (Fsp3) is 0.636. The number of hydrogen-bond acceptors (Lipinski definition) is 5. The van der Waals surface area contributed by atoms with Gasteiger partial charge in [-0.1, -0.05) is 51.7 Å². The molecule has 0 radical (unpaired) electrons. The van der Waals surface area contributed by atoms with Gasteiger partial charge in [0, 0.05) is 13.7 Å². The normalized spacial score (nSPS) is 11.8. The summed E-state index contributed by atoms with van der Waals surface area (Å²) in [6.07, 6.45) is 6.94. The quantitative estimate of drug-likeness (QED) is 0.335. The van der Waals surface area contributed by atoms with Crippen LogP contribution in [0, 0.1) is 5.92 Å². The standard InChI is InChI=1S/C22H34O5/c1-4-6-10-18(13-16-25-3)14-17-27-22(24)20-12-9-8-11-19(20)21(23)26-15-7-5-2/h8-9,11-12,18H,4-7,10,13-17H2,1-3H3. The van der Waals surface area contributed by atoms with E-state index in [2.05, 4.69) is 6.92 Å². The number of carbonyl (C=O) groups is 2. The van der Waals surface area contributed by atoms with Crippen LogP contribution in [0.15, 0.2) is 24.3 Å². The zero-order valence-corrected chi connectivity index (χ0v) is 17.0. The Labute approximate surface area is 163 Å². The Kier molecular flexibility index (Phi) is 12.2. The van der Waals surface area contributed by atoms with E-state index in [1.807, 2.05) is 6.92 Å². The van der Waals surface area contributed by atoms with Crippen LogP contribution in [0.5, 0.6) is 0 Å². The Morgan fingerprint density at radius 2 is 1.37 bits per heavy atom. The van der Waals surface area contributed by atoms with Gasteiger partial charge in [-0.15, -0.1) is 0 Å². The Morgan fingerprint density at radius 3 is 1.93 bits per heavy atom. The van der Waals surface area contributed by atoms with Crippen LogP contribution in [0.4, 0.5) is 0 Å². The van der Waals surface area contributed by atoms with E-state index in [1.165, 1.54) is 0 Å². The molecule has 0 bridgehead atoms. The largest absolute Gasteiger partial charge is 0.462 e. The van der Waals surface area contributed by atoms with E-state index >= 15 is 0 Å². The van der Waals surface area contributed by atoms with Crippen molar-refractivity contribution >= 4 is 11.9 Å². The molecular weight excluding hydrogens is 344 g/mol. The zero-order valence-electron chi connectivity index (χ0n) is 17.0. The highest BCUT2D eigenvalue weighted by molar-refractivity contribution is 6.03. The molecule has 0 spiro atoms. The van der Waals surface area contributed by atoms with Gasteiger partial charge in [0.25, 0.3) is 0 Å². The number of ether oxygens (including phenoxy) is 3. The summed E-state index contributed by atoms with van der Waals surface area (Å²) in [5.41, 5.74) is 0.529. The van der Waals surface area contributed by atoms with Crippen molar-refractivity contribution in [2.24, 2.45) is 5.92 Å². The molecule has 0 N–H and O–H groups in total. The lowest BCUT2D eigenvalue weighted by Crippen LogP contribution is -2.16. The summed E-state index contributed by atoms with van der Waals surface area (Å²) in [5, 5.41) is 0. The van der Waals surface area contributed by atoms with Crippen molar-refractivity contribution in [2.75, 3.05) is 26.9 Å². The third-order valence-electron chi connectivity index (χ3n) is 4.55. The average Bonchev–Trinajstić information content (AvgIpc) is 2.69. The summed E-state index contributed by atoms with van der Waals surface area (Å²) in [7, 11) is 1.70. The molecule has 27 heavy (non-hydrogen) atoms. The molecule has 1 rings (SSSR count). The number of rotatable bonds is 14. The maximum absolute atomic E-state index is 12.5. The van der Waals surface area contributed by atoms with Gasteiger partial charge in [-0.25, -0.2) is 9.59 Å². The Balaban J connectivity index is 2.59. The molecule has 0 aliphatic heterocycles. The van der Waals surface area contributed by atoms with E-state index < -0.39 is 11.9 Å². The van der Waals surface area contributed by atoms with Gasteiger partial charge in [-0.2, -0.15) is 0 Å². The third kappa shape index (κ3) is 9.05. The number of methoxy groups -OCH3 is 1. The van der Waals surface area contributed by atoms with Gasteiger partial charge < -0.3 is 14.2 Å². The van der Waals surface area contributed by atoms with Gasteiger partial charge in [0.05, 0.1) is 24.3 Å². The van der Waals surface area contributed by atoms with Gasteiger partial charge >= 0.3 is 11.9 Å². The number of benzene rings is 1. The summed E-state index contributed by atoms with van der Waals surface area (Å²) in [4.78, 5) is 24.7. The minimum atomic E-state index is -0.475. The van der Waals surface area contributed by atoms with E-state index in [4.69, 9.17) is 14.2 Å². The lowest BCUT2D eigenvalue weighted by Gasteiger charge is -2.16. The lowest BCUT2D eigenvalue weighted by atomic mass is 9.96. The van der Waals surface area contributed by atoms with E-state index in [0.29, 0.717) is 19.1 Å². The molecule has 0 aromatic heterocycles. The molecule has 0 saturated heterocycles. The van der Waals surface area contributed by atoms with Gasteiger partial charge in [0.2, 0.25) is 0 Å². The van der Waals surface area contributed by atoms with Crippen molar-refractivity contribution in [3.63, 3.8) is 0 Å². The Bertz CT molecular complexity index is 547. The molecule has 5 heteroatoms. The number of hydrogen-bond donors (Lipinski definition) is 0. The van der Waals surface area contributed by atoms with Crippen molar-refractivity contribution in [2.45, 2.75) is 58.8 Å². The fourth-order valence-electron chi connectivity index (χ4n) is 2.83. The highest BCUT2D eigenvalue weighted by Gasteiger charge is 2.19. The minimum absolute atomic E-state index is 0.264. The van der Waals surface area contributed by atoms with Crippen molar-refractivity contribution < 1.29 is 23.8 Å². The fourth-order valence-corrected chi connectivity index (χ4v) is 2.83. The first-order valence-corrected chi connectivity index (χ1v) is 10.1. The van der Waals surface area contributed by atoms with Crippen molar-refractivity contribution in [3.8, 4) is 0 Å². The molecular formula is C22H34O5. The van der Waals surface area contributed by atoms with Crippen LogP contribution in [0.25, 0.3) is 0 Å². The lowest BCUT2D eigenvalue weighted by molar-refractivity contribution is 0.0436. The molecule has 0 aliphatic carbocycles. The van der Waals surface area contributed by atoms with Crippen LogP contribution in [0.1, 0.15) is 79.5 Å². The smallest absolute Gasteiger partial charge is 0.339 e. The minimum Gasteiger partial charge on any atom is -0.462 e.